The number of hydrogen-bond acceptors (Lipinski definition) is 1. The second-order valence-corrected chi connectivity index (χ2v) is 3.27. The first kappa shape index (κ1) is 8.54. The predicted molar refractivity (Wildman–Crippen MR) is 47.5 cm³/mol. The van der Waals surface area contributed by atoms with E-state index in [1.165, 1.54) is 11.1 Å². The lowest BCUT2D eigenvalue weighted by molar-refractivity contribution is 0.115. The van der Waals surface area contributed by atoms with Crippen molar-refractivity contribution >= 4 is 0 Å². The van der Waals surface area contributed by atoms with Gasteiger partial charge in [0.2, 0.25) is 0 Å². The molecule has 0 aromatic heterocycles. The van der Waals surface area contributed by atoms with Crippen molar-refractivity contribution in [3.05, 3.63) is 23.8 Å². The van der Waals surface area contributed by atoms with Crippen molar-refractivity contribution in [3.63, 3.8) is 0 Å². The molecule has 0 spiro atoms. The van der Waals surface area contributed by atoms with Crippen LogP contribution in [0.1, 0.15) is 26.7 Å². The standard InChI is InChI=1S/C10H16O/c1-8(2)4-5-10-9(3)6-7-11-10/h6,10H,1,4-5,7H2,2-3H3/t10-/m1/s1. The molecule has 1 aliphatic rings. The Balaban J connectivity index is 2.27. The summed E-state index contributed by atoms with van der Waals surface area (Å²) in [5.74, 6) is 0. The second-order valence-electron chi connectivity index (χ2n) is 3.27. The SMILES string of the molecule is C=C(C)CC[C@H]1OCC=C1C. The average Bonchev–Trinajstić information content (AvgIpc) is 2.31. The van der Waals surface area contributed by atoms with E-state index in [4.69, 9.17) is 4.74 Å². The number of rotatable bonds is 3. The highest BCUT2D eigenvalue weighted by atomic mass is 16.5. The Bertz CT molecular complexity index is 179. The third kappa shape index (κ3) is 2.51. The summed E-state index contributed by atoms with van der Waals surface area (Å²) in [6, 6.07) is 0. The molecule has 0 fully saturated rings. The molecule has 0 bridgehead atoms. The van der Waals surface area contributed by atoms with Crippen LogP contribution in [0.5, 0.6) is 0 Å². The zero-order chi connectivity index (χ0) is 8.27. The molecule has 1 aliphatic heterocycles. The number of ether oxygens (including phenoxy) is 1. The summed E-state index contributed by atoms with van der Waals surface area (Å²) in [6.07, 6.45) is 4.70. The van der Waals surface area contributed by atoms with Crippen LogP contribution in [0.25, 0.3) is 0 Å². The first-order valence-corrected chi connectivity index (χ1v) is 4.13. The van der Waals surface area contributed by atoms with Gasteiger partial charge in [-0.05, 0) is 32.3 Å². The molecule has 0 N–H and O–H groups in total. The van der Waals surface area contributed by atoms with Gasteiger partial charge in [0.1, 0.15) is 0 Å². The third-order valence-electron chi connectivity index (χ3n) is 2.04. The molecular formula is C10H16O. The summed E-state index contributed by atoms with van der Waals surface area (Å²) in [6.45, 7) is 8.86. The molecule has 1 rings (SSSR count). The maximum absolute atomic E-state index is 5.48. The summed E-state index contributed by atoms with van der Waals surface area (Å²) in [4.78, 5) is 0. The van der Waals surface area contributed by atoms with Gasteiger partial charge in [-0.3, -0.25) is 0 Å². The van der Waals surface area contributed by atoms with Gasteiger partial charge in [0.25, 0.3) is 0 Å². The molecule has 62 valence electrons. The molecule has 1 heterocycles. The Kier molecular flexibility index (Phi) is 2.89. The minimum Gasteiger partial charge on any atom is -0.370 e. The van der Waals surface area contributed by atoms with Crippen molar-refractivity contribution < 1.29 is 4.74 Å². The quantitative estimate of drug-likeness (QED) is 0.565. The molecule has 0 aliphatic carbocycles. The first-order chi connectivity index (χ1) is 5.20. The van der Waals surface area contributed by atoms with E-state index in [0.29, 0.717) is 6.10 Å². The van der Waals surface area contributed by atoms with Gasteiger partial charge in [0.05, 0.1) is 12.7 Å². The van der Waals surface area contributed by atoms with Gasteiger partial charge < -0.3 is 4.74 Å². The Morgan fingerprint density at radius 2 is 2.55 bits per heavy atom. The fourth-order valence-electron chi connectivity index (χ4n) is 1.25. The Labute approximate surface area is 68.8 Å². The van der Waals surface area contributed by atoms with Crippen LogP contribution in [0.15, 0.2) is 23.8 Å². The van der Waals surface area contributed by atoms with Gasteiger partial charge in [0, 0.05) is 0 Å². The van der Waals surface area contributed by atoms with Crippen LogP contribution in [0.2, 0.25) is 0 Å². The predicted octanol–water partition coefficient (Wildman–Crippen LogP) is 2.69. The van der Waals surface area contributed by atoms with E-state index in [2.05, 4.69) is 26.5 Å². The molecule has 0 radical (unpaired) electrons. The molecule has 0 amide bonds. The Morgan fingerprint density at radius 3 is 3.00 bits per heavy atom. The van der Waals surface area contributed by atoms with E-state index >= 15 is 0 Å². The summed E-state index contributed by atoms with van der Waals surface area (Å²) in [5.41, 5.74) is 2.62. The van der Waals surface area contributed by atoms with Crippen LogP contribution in [0.3, 0.4) is 0 Å². The van der Waals surface area contributed by atoms with Crippen LogP contribution in [0.4, 0.5) is 0 Å². The highest BCUT2D eigenvalue weighted by Gasteiger charge is 2.14. The lowest BCUT2D eigenvalue weighted by atomic mass is 10.1. The van der Waals surface area contributed by atoms with Crippen LogP contribution in [-0.4, -0.2) is 12.7 Å². The molecule has 0 unspecified atom stereocenters. The lowest BCUT2D eigenvalue weighted by Gasteiger charge is -2.10. The maximum Gasteiger partial charge on any atom is 0.0790 e. The van der Waals surface area contributed by atoms with E-state index in [0.717, 1.165) is 19.4 Å². The molecule has 1 heteroatoms. The molecule has 11 heavy (non-hydrogen) atoms. The molecular weight excluding hydrogens is 136 g/mol. The largest absolute Gasteiger partial charge is 0.370 e. The molecule has 0 saturated carbocycles. The van der Waals surface area contributed by atoms with Crippen molar-refractivity contribution in [1.82, 2.24) is 0 Å². The zero-order valence-electron chi connectivity index (χ0n) is 7.39. The fraction of sp³-hybridized carbons (Fsp3) is 0.600. The molecule has 1 nitrogen and oxygen atoms in total. The second kappa shape index (κ2) is 3.72. The summed E-state index contributed by atoms with van der Waals surface area (Å²) < 4.78 is 5.48. The Hall–Kier alpha value is -0.560. The summed E-state index contributed by atoms with van der Waals surface area (Å²) in [7, 11) is 0. The monoisotopic (exact) mass is 152 g/mol. The van der Waals surface area contributed by atoms with Gasteiger partial charge in [-0.1, -0.05) is 11.6 Å². The van der Waals surface area contributed by atoms with E-state index in [1.807, 2.05) is 0 Å². The number of allylic oxidation sites excluding steroid dienone is 1. The minimum atomic E-state index is 0.367. The van der Waals surface area contributed by atoms with E-state index < -0.39 is 0 Å². The highest BCUT2D eigenvalue weighted by molar-refractivity contribution is 5.10. The van der Waals surface area contributed by atoms with Crippen molar-refractivity contribution in [1.29, 1.82) is 0 Å². The van der Waals surface area contributed by atoms with E-state index in [1.54, 1.807) is 0 Å². The zero-order valence-corrected chi connectivity index (χ0v) is 7.39. The smallest absolute Gasteiger partial charge is 0.0790 e. The normalized spacial score (nSPS) is 23.5. The van der Waals surface area contributed by atoms with Crippen LogP contribution < -0.4 is 0 Å². The van der Waals surface area contributed by atoms with Crippen molar-refractivity contribution in [2.24, 2.45) is 0 Å². The van der Waals surface area contributed by atoms with Crippen LogP contribution in [-0.2, 0) is 4.74 Å². The molecule has 0 aromatic rings. The van der Waals surface area contributed by atoms with Gasteiger partial charge in [-0.15, -0.1) is 6.58 Å². The third-order valence-corrected chi connectivity index (χ3v) is 2.04. The minimum absolute atomic E-state index is 0.367. The van der Waals surface area contributed by atoms with E-state index in [-0.39, 0.29) is 0 Å². The average molecular weight is 152 g/mol. The van der Waals surface area contributed by atoms with Gasteiger partial charge in [-0.2, -0.15) is 0 Å². The topological polar surface area (TPSA) is 9.23 Å². The maximum atomic E-state index is 5.48. The number of hydrogen-bond donors (Lipinski definition) is 0. The summed E-state index contributed by atoms with van der Waals surface area (Å²) in [5, 5.41) is 0. The Morgan fingerprint density at radius 1 is 1.82 bits per heavy atom. The highest BCUT2D eigenvalue weighted by Crippen LogP contribution is 2.19. The fourth-order valence-corrected chi connectivity index (χ4v) is 1.25. The van der Waals surface area contributed by atoms with Gasteiger partial charge in [0.15, 0.2) is 0 Å². The van der Waals surface area contributed by atoms with Crippen molar-refractivity contribution in [3.8, 4) is 0 Å². The molecule has 1 atom stereocenters. The lowest BCUT2D eigenvalue weighted by Crippen LogP contribution is -2.08. The van der Waals surface area contributed by atoms with Crippen LogP contribution >= 0.6 is 0 Å². The van der Waals surface area contributed by atoms with Crippen molar-refractivity contribution in [2.75, 3.05) is 6.61 Å². The molecule has 0 saturated heterocycles. The van der Waals surface area contributed by atoms with E-state index in [9.17, 15) is 0 Å². The van der Waals surface area contributed by atoms with Gasteiger partial charge in [-0.25, -0.2) is 0 Å². The summed E-state index contributed by atoms with van der Waals surface area (Å²) >= 11 is 0. The van der Waals surface area contributed by atoms with Gasteiger partial charge >= 0.3 is 0 Å². The first-order valence-electron chi connectivity index (χ1n) is 4.13. The van der Waals surface area contributed by atoms with Crippen molar-refractivity contribution in [2.45, 2.75) is 32.8 Å². The van der Waals surface area contributed by atoms with Crippen LogP contribution in [0, 0.1) is 0 Å². The molecule has 0 aromatic carbocycles.